The fourth-order valence-electron chi connectivity index (χ4n) is 3.37. The van der Waals surface area contributed by atoms with Crippen LogP contribution in [0, 0.1) is 0 Å². The van der Waals surface area contributed by atoms with Crippen molar-refractivity contribution in [3.05, 3.63) is 30.3 Å². The second kappa shape index (κ2) is 9.01. The molecule has 2 aliphatic rings. The van der Waals surface area contributed by atoms with Crippen LogP contribution < -0.4 is 15.4 Å². The van der Waals surface area contributed by atoms with Crippen molar-refractivity contribution < 1.29 is 9.53 Å². The summed E-state index contributed by atoms with van der Waals surface area (Å²) in [4.78, 5) is 16.8. The maximum Gasteiger partial charge on any atom is 0.234 e. The van der Waals surface area contributed by atoms with Crippen LogP contribution in [0.2, 0.25) is 0 Å². The van der Waals surface area contributed by atoms with Crippen LogP contribution in [-0.4, -0.2) is 80.7 Å². The molecule has 3 rings (SSSR count). The van der Waals surface area contributed by atoms with Gasteiger partial charge in [0.05, 0.1) is 13.1 Å². The molecule has 24 heavy (non-hydrogen) atoms. The number of carbonyl (C=O) groups excluding carboxylic acids is 1. The van der Waals surface area contributed by atoms with Crippen molar-refractivity contribution >= 4 is 5.91 Å². The number of hydrogen-bond acceptors (Lipinski definition) is 5. The van der Waals surface area contributed by atoms with E-state index in [9.17, 15) is 4.79 Å². The highest BCUT2D eigenvalue weighted by Gasteiger charge is 2.26. The highest BCUT2D eigenvalue weighted by molar-refractivity contribution is 5.78. The first kappa shape index (κ1) is 17.2. The molecule has 1 aromatic carbocycles. The summed E-state index contributed by atoms with van der Waals surface area (Å²) >= 11 is 0. The Balaban J connectivity index is 1.27. The summed E-state index contributed by atoms with van der Waals surface area (Å²) < 4.78 is 5.58. The van der Waals surface area contributed by atoms with E-state index in [4.69, 9.17) is 4.74 Å². The first-order chi connectivity index (χ1) is 11.8. The molecule has 0 bridgehead atoms. The van der Waals surface area contributed by atoms with Gasteiger partial charge in [0.15, 0.2) is 0 Å². The fourth-order valence-corrected chi connectivity index (χ4v) is 3.37. The van der Waals surface area contributed by atoms with E-state index in [1.807, 2.05) is 30.3 Å². The molecule has 2 heterocycles. The molecule has 0 spiro atoms. The lowest BCUT2D eigenvalue weighted by atomic mass is 10.2. The number of benzene rings is 1. The molecular weight excluding hydrogens is 304 g/mol. The molecule has 2 aliphatic heterocycles. The van der Waals surface area contributed by atoms with E-state index in [0.29, 0.717) is 25.7 Å². The average molecular weight is 332 g/mol. The van der Waals surface area contributed by atoms with E-state index in [-0.39, 0.29) is 5.91 Å². The van der Waals surface area contributed by atoms with Gasteiger partial charge in [0, 0.05) is 38.8 Å². The number of para-hydroxylation sites is 1. The summed E-state index contributed by atoms with van der Waals surface area (Å²) in [5.41, 5.74) is 0. The molecule has 0 radical (unpaired) electrons. The predicted molar refractivity (Wildman–Crippen MR) is 94.2 cm³/mol. The topological polar surface area (TPSA) is 56.8 Å². The Morgan fingerprint density at radius 2 is 2.00 bits per heavy atom. The van der Waals surface area contributed by atoms with Crippen LogP contribution >= 0.6 is 0 Å². The minimum atomic E-state index is 0.0858. The zero-order valence-corrected chi connectivity index (χ0v) is 14.2. The third kappa shape index (κ3) is 5.19. The monoisotopic (exact) mass is 332 g/mol. The summed E-state index contributed by atoms with van der Waals surface area (Å²) in [6.07, 6.45) is 1.25. The van der Waals surface area contributed by atoms with E-state index in [0.717, 1.165) is 45.0 Å². The van der Waals surface area contributed by atoms with Crippen molar-refractivity contribution in [2.24, 2.45) is 0 Å². The van der Waals surface area contributed by atoms with Gasteiger partial charge in [-0.25, -0.2) is 0 Å². The van der Waals surface area contributed by atoms with Crippen molar-refractivity contribution in [2.75, 3.05) is 59.0 Å². The Labute approximate surface area is 144 Å². The van der Waals surface area contributed by atoms with Crippen LogP contribution in [0.4, 0.5) is 0 Å². The third-order valence-electron chi connectivity index (χ3n) is 4.76. The summed E-state index contributed by atoms with van der Waals surface area (Å²) in [7, 11) is 0. The van der Waals surface area contributed by atoms with Crippen LogP contribution in [-0.2, 0) is 4.79 Å². The second-order valence-electron chi connectivity index (χ2n) is 6.47. The molecule has 0 aromatic heterocycles. The number of amides is 1. The van der Waals surface area contributed by atoms with Gasteiger partial charge in [0.1, 0.15) is 12.4 Å². The van der Waals surface area contributed by atoms with Gasteiger partial charge < -0.3 is 15.4 Å². The van der Waals surface area contributed by atoms with E-state index < -0.39 is 0 Å². The van der Waals surface area contributed by atoms with Gasteiger partial charge in [-0.3, -0.25) is 14.6 Å². The van der Waals surface area contributed by atoms with Gasteiger partial charge in [0.2, 0.25) is 5.91 Å². The van der Waals surface area contributed by atoms with Gasteiger partial charge >= 0.3 is 0 Å². The van der Waals surface area contributed by atoms with Crippen molar-refractivity contribution in [3.63, 3.8) is 0 Å². The van der Waals surface area contributed by atoms with Crippen molar-refractivity contribution in [1.29, 1.82) is 0 Å². The SMILES string of the molecule is O=C(CN1CCN(C2CCNC2)CC1)NCCOc1ccccc1. The quantitative estimate of drug-likeness (QED) is 0.697. The largest absolute Gasteiger partial charge is 0.492 e. The number of rotatable bonds is 7. The number of carbonyl (C=O) groups is 1. The second-order valence-corrected chi connectivity index (χ2v) is 6.47. The highest BCUT2D eigenvalue weighted by atomic mass is 16.5. The molecule has 0 aliphatic carbocycles. The van der Waals surface area contributed by atoms with E-state index in [2.05, 4.69) is 20.4 Å². The normalized spacial score (nSPS) is 22.4. The summed E-state index contributed by atoms with van der Waals surface area (Å²) in [5.74, 6) is 0.923. The van der Waals surface area contributed by atoms with Crippen LogP contribution in [0.15, 0.2) is 30.3 Å². The minimum Gasteiger partial charge on any atom is -0.492 e. The molecule has 1 atom stereocenters. The third-order valence-corrected chi connectivity index (χ3v) is 4.76. The molecule has 1 aromatic rings. The number of piperazine rings is 1. The molecule has 1 unspecified atom stereocenters. The Hall–Kier alpha value is -1.63. The standard InChI is InChI=1S/C18H28N4O2/c23-18(20-8-13-24-17-4-2-1-3-5-17)15-21-9-11-22(12-10-21)16-6-7-19-14-16/h1-5,16,19H,6-15H2,(H,20,23). The molecule has 1 amide bonds. The molecular formula is C18H28N4O2. The molecule has 2 saturated heterocycles. The number of ether oxygens (including phenoxy) is 1. The van der Waals surface area contributed by atoms with Crippen LogP contribution in [0.1, 0.15) is 6.42 Å². The molecule has 6 nitrogen and oxygen atoms in total. The Morgan fingerprint density at radius 1 is 1.21 bits per heavy atom. The first-order valence-corrected chi connectivity index (χ1v) is 8.93. The molecule has 0 saturated carbocycles. The Morgan fingerprint density at radius 3 is 2.71 bits per heavy atom. The zero-order valence-electron chi connectivity index (χ0n) is 14.2. The Kier molecular flexibility index (Phi) is 6.46. The summed E-state index contributed by atoms with van der Waals surface area (Å²) in [5, 5.41) is 6.36. The lowest BCUT2D eigenvalue weighted by Crippen LogP contribution is -2.52. The summed E-state index contributed by atoms with van der Waals surface area (Å²) in [6, 6.07) is 10.4. The predicted octanol–water partition coefficient (Wildman–Crippen LogP) is 0.161. The molecule has 132 valence electrons. The maximum absolute atomic E-state index is 12.0. The van der Waals surface area contributed by atoms with E-state index in [1.165, 1.54) is 6.42 Å². The maximum atomic E-state index is 12.0. The van der Waals surface area contributed by atoms with Crippen molar-refractivity contribution in [2.45, 2.75) is 12.5 Å². The Bertz CT molecular complexity index is 497. The van der Waals surface area contributed by atoms with Gasteiger partial charge in [-0.2, -0.15) is 0 Å². The van der Waals surface area contributed by atoms with Gasteiger partial charge in [0.25, 0.3) is 0 Å². The number of hydrogen-bond donors (Lipinski definition) is 2. The lowest BCUT2D eigenvalue weighted by molar-refractivity contribution is -0.122. The number of nitrogens with one attached hydrogen (secondary N) is 2. The molecule has 2 fully saturated rings. The van der Waals surface area contributed by atoms with Crippen LogP contribution in [0.5, 0.6) is 5.75 Å². The van der Waals surface area contributed by atoms with E-state index in [1.54, 1.807) is 0 Å². The van der Waals surface area contributed by atoms with Gasteiger partial charge in [-0.15, -0.1) is 0 Å². The van der Waals surface area contributed by atoms with Crippen molar-refractivity contribution in [3.8, 4) is 5.75 Å². The summed E-state index contributed by atoms with van der Waals surface area (Å²) in [6.45, 7) is 7.87. The molecule has 6 heteroatoms. The number of nitrogens with zero attached hydrogens (tertiary/aromatic N) is 2. The minimum absolute atomic E-state index is 0.0858. The fraction of sp³-hybridized carbons (Fsp3) is 0.611. The van der Waals surface area contributed by atoms with Crippen molar-refractivity contribution in [1.82, 2.24) is 20.4 Å². The zero-order chi connectivity index (χ0) is 16.6. The van der Waals surface area contributed by atoms with Gasteiger partial charge in [-0.05, 0) is 25.1 Å². The van der Waals surface area contributed by atoms with E-state index >= 15 is 0 Å². The first-order valence-electron chi connectivity index (χ1n) is 8.93. The smallest absolute Gasteiger partial charge is 0.234 e. The lowest BCUT2D eigenvalue weighted by Gasteiger charge is -2.37. The average Bonchev–Trinajstić information content (AvgIpc) is 3.15. The van der Waals surface area contributed by atoms with Crippen LogP contribution in [0.25, 0.3) is 0 Å². The van der Waals surface area contributed by atoms with Gasteiger partial charge in [-0.1, -0.05) is 18.2 Å². The highest BCUT2D eigenvalue weighted by Crippen LogP contribution is 2.11. The molecule has 2 N–H and O–H groups in total. The van der Waals surface area contributed by atoms with Crippen LogP contribution in [0.3, 0.4) is 0 Å².